The summed E-state index contributed by atoms with van der Waals surface area (Å²) in [4.78, 5) is 26.9. The molecule has 1 aliphatic rings. The van der Waals surface area contributed by atoms with Crippen LogP contribution in [-0.4, -0.2) is 42.4 Å². The van der Waals surface area contributed by atoms with Gasteiger partial charge in [-0.15, -0.1) is 0 Å². The zero-order valence-electron chi connectivity index (χ0n) is 16.1. The molecule has 0 aliphatic carbocycles. The van der Waals surface area contributed by atoms with Crippen LogP contribution in [0.4, 0.5) is 0 Å². The van der Waals surface area contributed by atoms with Crippen LogP contribution in [0, 0.1) is 11.8 Å². The number of benzene rings is 1. The predicted octanol–water partition coefficient (Wildman–Crippen LogP) is 2.35. The van der Waals surface area contributed by atoms with Crippen molar-refractivity contribution < 1.29 is 9.59 Å². The largest absolute Gasteiger partial charge is 0.344 e. The summed E-state index contributed by atoms with van der Waals surface area (Å²) in [7, 11) is 0. The Kier molecular flexibility index (Phi) is 8.10. The third kappa shape index (κ3) is 5.84. The van der Waals surface area contributed by atoms with Crippen LogP contribution in [0.2, 0.25) is 0 Å². The van der Waals surface area contributed by atoms with Crippen LogP contribution in [0.5, 0.6) is 0 Å². The van der Waals surface area contributed by atoms with Crippen LogP contribution in [0.1, 0.15) is 45.1 Å². The Morgan fingerprint density at radius 3 is 2.46 bits per heavy atom. The zero-order chi connectivity index (χ0) is 18.9. The fourth-order valence-electron chi connectivity index (χ4n) is 3.56. The minimum absolute atomic E-state index is 0.0582. The molecule has 5 heteroatoms. The van der Waals surface area contributed by atoms with E-state index in [1.807, 2.05) is 24.8 Å². The van der Waals surface area contributed by atoms with Gasteiger partial charge in [-0.1, -0.05) is 50.6 Å². The van der Waals surface area contributed by atoms with Crippen molar-refractivity contribution in [3.05, 3.63) is 35.9 Å². The van der Waals surface area contributed by atoms with Crippen LogP contribution in [-0.2, 0) is 16.0 Å². The first kappa shape index (κ1) is 20.4. The molecule has 0 saturated carbocycles. The van der Waals surface area contributed by atoms with E-state index in [4.69, 9.17) is 5.73 Å². The van der Waals surface area contributed by atoms with E-state index in [9.17, 15) is 9.59 Å². The summed E-state index contributed by atoms with van der Waals surface area (Å²) in [5.41, 5.74) is 6.82. The van der Waals surface area contributed by atoms with Gasteiger partial charge in [-0.3, -0.25) is 9.59 Å². The van der Waals surface area contributed by atoms with E-state index in [0.717, 1.165) is 38.8 Å². The molecule has 0 bridgehead atoms. The standard InChI is InChI=1S/C21H33N3O2/c1-3-16(2)20(23-19(25)9-12-22)21(26)24-13-10-18(11-14-24)15-17-7-5-4-6-8-17/h4-8,16,18,20H,3,9-15,22H2,1-2H3,(H,23,25). The Labute approximate surface area is 157 Å². The van der Waals surface area contributed by atoms with Crippen molar-refractivity contribution in [1.29, 1.82) is 0 Å². The fraction of sp³-hybridized carbons (Fsp3) is 0.619. The number of carbonyl (C=O) groups is 2. The number of nitrogens with one attached hydrogen (secondary N) is 1. The SMILES string of the molecule is CCC(C)C(NC(=O)CCN)C(=O)N1CCC(Cc2ccccc2)CC1. The smallest absolute Gasteiger partial charge is 0.245 e. The molecular formula is C21H33N3O2. The Balaban J connectivity index is 1.90. The van der Waals surface area contributed by atoms with Gasteiger partial charge in [0.25, 0.3) is 0 Å². The minimum atomic E-state index is -0.440. The van der Waals surface area contributed by atoms with Gasteiger partial charge in [-0.25, -0.2) is 0 Å². The molecule has 1 aromatic rings. The number of piperidine rings is 1. The lowest BCUT2D eigenvalue weighted by atomic mass is 9.89. The van der Waals surface area contributed by atoms with Crippen molar-refractivity contribution >= 4 is 11.8 Å². The van der Waals surface area contributed by atoms with E-state index in [-0.39, 0.29) is 24.2 Å². The van der Waals surface area contributed by atoms with E-state index < -0.39 is 6.04 Å². The van der Waals surface area contributed by atoms with E-state index in [0.29, 0.717) is 12.5 Å². The predicted molar refractivity (Wildman–Crippen MR) is 105 cm³/mol. The number of rotatable bonds is 8. The maximum absolute atomic E-state index is 13.0. The fourth-order valence-corrected chi connectivity index (χ4v) is 3.56. The van der Waals surface area contributed by atoms with Gasteiger partial charge in [0.15, 0.2) is 0 Å². The first-order chi connectivity index (χ1) is 12.5. The molecule has 2 amide bonds. The van der Waals surface area contributed by atoms with E-state index in [1.54, 1.807) is 0 Å². The molecule has 1 fully saturated rings. The number of amides is 2. The molecule has 26 heavy (non-hydrogen) atoms. The molecule has 1 heterocycles. The van der Waals surface area contributed by atoms with Gasteiger partial charge >= 0.3 is 0 Å². The summed E-state index contributed by atoms with van der Waals surface area (Å²) in [6.45, 7) is 5.92. The molecule has 1 aromatic carbocycles. The van der Waals surface area contributed by atoms with E-state index >= 15 is 0 Å². The van der Waals surface area contributed by atoms with Crippen molar-refractivity contribution in [3.8, 4) is 0 Å². The number of hydrogen-bond acceptors (Lipinski definition) is 3. The van der Waals surface area contributed by atoms with Crippen LogP contribution in [0.15, 0.2) is 30.3 Å². The molecule has 2 rings (SSSR count). The Morgan fingerprint density at radius 1 is 1.23 bits per heavy atom. The molecule has 2 atom stereocenters. The van der Waals surface area contributed by atoms with E-state index in [2.05, 4.69) is 29.6 Å². The topological polar surface area (TPSA) is 75.4 Å². The molecule has 1 aliphatic heterocycles. The van der Waals surface area contributed by atoms with Gasteiger partial charge in [-0.2, -0.15) is 0 Å². The highest BCUT2D eigenvalue weighted by Crippen LogP contribution is 2.23. The second-order valence-corrected chi connectivity index (χ2v) is 7.43. The van der Waals surface area contributed by atoms with Crippen molar-refractivity contribution in [1.82, 2.24) is 10.2 Å². The first-order valence-corrected chi connectivity index (χ1v) is 9.87. The number of nitrogens with two attached hydrogens (primary N) is 1. The average Bonchev–Trinajstić information content (AvgIpc) is 2.66. The average molecular weight is 360 g/mol. The Bertz CT molecular complexity index is 568. The molecule has 2 unspecified atom stereocenters. The molecule has 5 nitrogen and oxygen atoms in total. The third-order valence-corrected chi connectivity index (χ3v) is 5.46. The highest BCUT2D eigenvalue weighted by Gasteiger charge is 2.32. The molecule has 3 N–H and O–H groups in total. The molecule has 1 saturated heterocycles. The summed E-state index contributed by atoms with van der Waals surface area (Å²) < 4.78 is 0. The summed E-state index contributed by atoms with van der Waals surface area (Å²) in [6, 6.07) is 10.1. The van der Waals surface area contributed by atoms with E-state index in [1.165, 1.54) is 5.56 Å². The highest BCUT2D eigenvalue weighted by atomic mass is 16.2. The Hall–Kier alpha value is -1.88. The van der Waals surface area contributed by atoms with Gasteiger partial charge in [0.05, 0.1) is 0 Å². The van der Waals surface area contributed by atoms with Crippen LogP contribution < -0.4 is 11.1 Å². The molecular weight excluding hydrogens is 326 g/mol. The van der Waals surface area contributed by atoms with Gasteiger partial charge in [0.2, 0.25) is 11.8 Å². The van der Waals surface area contributed by atoms with Crippen LogP contribution >= 0.6 is 0 Å². The van der Waals surface area contributed by atoms with Gasteiger partial charge < -0.3 is 16.0 Å². The molecule has 0 spiro atoms. The summed E-state index contributed by atoms with van der Waals surface area (Å²) in [6.07, 6.45) is 4.23. The number of carbonyl (C=O) groups excluding carboxylic acids is 2. The highest BCUT2D eigenvalue weighted by molar-refractivity contribution is 5.88. The number of hydrogen-bond donors (Lipinski definition) is 2. The first-order valence-electron chi connectivity index (χ1n) is 9.87. The van der Waals surface area contributed by atoms with Crippen molar-refractivity contribution in [2.24, 2.45) is 17.6 Å². The van der Waals surface area contributed by atoms with Crippen molar-refractivity contribution in [2.75, 3.05) is 19.6 Å². The van der Waals surface area contributed by atoms with Crippen LogP contribution in [0.3, 0.4) is 0 Å². The lowest BCUT2D eigenvalue weighted by molar-refractivity contribution is -0.139. The second-order valence-electron chi connectivity index (χ2n) is 7.43. The lowest BCUT2D eigenvalue weighted by Gasteiger charge is -2.36. The molecule has 0 radical (unpaired) electrons. The maximum atomic E-state index is 13.0. The Morgan fingerprint density at radius 2 is 1.88 bits per heavy atom. The zero-order valence-corrected chi connectivity index (χ0v) is 16.1. The maximum Gasteiger partial charge on any atom is 0.245 e. The lowest BCUT2D eigenvalue weighted by Crippen LogP contribution is -2.53. The number of nitrogens with zero attached hydrogens (tertiary/aromatic N) is 1. The van der Waals surface area contributed by atoms with Gasteiger partial charge in [-0.05, 0) is 36.7 Å². The molecule has 144 valence electrons. The van der Waals surface area contributed by atoms with Gasteiger partial charge in [0, 0.05) is 26.1 Å². The normalized spacial score (nSPS) is 17.6. The van der Waals surface area contributed by atoms with Crippen LogP contribution in [0.25, 0.3) is 0 Å². The summed E-state index contributed by atoms with van der Waals surface area (Å²) in [5.74, 6) is 0.662. The monoisotopic (exact) mass is 359 g/mol. The number of likely N-dealkylation sites (tertiary alicyclic amines) is 1. The van der Waals surface area contributed by atoms with Crippen molar-refractivity contribution in [3.63, 3.8) is 0 Å². The third-order valence-electron chi connectivity index (χ3n) is 5.46. The minimum Gasteiger partial charge on any atom is -0.344 e. The quantitative estimate of drug-likeness (QED) is 0.748. The summed E-state index contributed by atoms with van der Waals surface area (Å²) >= 11 is 0. The van der Waals surface area contributed by atoms with Gasteiger partial charge in [0.1, 0.15) is 6.04 Å². The molecule has 0 aromatic heterocycles. The second kappa shape index (κ2) is 10.3. The summed E-state index contributed by atoms with van der Waals surface area (Å²) in [5, 5.41) is 2.91. The van der Waals surface area contributed by atoms with Crippen molar-refractivity contribution in [2.45, 2.75) is 52.0 Å².